The van der Waals surface area contributed by atoms with E-state index < -0.39 is 18.0 Å². The third kappa shape index (κ3) is 30.5. The average molecular weight is 857 g/mol. The molecule has 0 amide bonds. The molecule has 0 unspecified atom stereocenters. The maximum absolute atomic E-state index is 10.7. The van der Waals surface area contributed by atoms with Gasteiger partial charge in [-0.1, -0.05) is 24.3 Å². The van der Waals surface area contributed by atoms with Crippen molar-refractivity contribution in [2.24, 2.45) is 9.98 Å². The fourth-order valence-corrected chi connectivity index (χ4v) is 2.91. The van der Waals surface area contributed by atoms with Gasteiger partial charge in [-0.05, 0) is 55.5 Å². The molecule has 0 bridgehead atoms. The van der Waals surface area contributed by atoms with Crippen molar-refractivity contribution in [1.82, 2.24) is 19.9 Å². The Morgan fingerprint density at radius 2 is 1.08 bits per heavy atom. The van der Waals surface area contributed by atoms with Crippen molar-refractivity contribution in [3.63, 3.8) is 0 Å². The van der Waals surface area contributed by atoms with E-state index in [0.717, 1.165) is 34.2 Å². The Labute approximate surface area is 312 Å². The van der Waals surface area contributed by atoms with Crippen LogP contribution in [-0.2, 0) is 0 Å². The average Bonchev–Trinajstić information content (AvgIpc) is 3.00. The fraction of sp³-hybridized carbons (Fsp3) is 0.148. The van der Waals surface area contributed by atoms with E-state index in [4.69, 9.17) is 35.9 Å². The number of aliphatic imine (C=N–C) groups is 2. The van der Waals surface area contributed by atoms with Gasteiger partial charge in [-0.3, -0.25) is 20.0 Å². The molecule has 0 fully saturated rings. The van der Waals surface area contributed by atoms with E-state index in [9.17, 15) is 25.2 Å². The summed E-state index contributed by atoms with van der Waals surface area (Å²) < 4.78 is 59.2. The summed E-state index contributed by atoms with van der Waals surface area (Å²) in [4.78, 5) is 43.5. The Balaban J connectivity index is 0. The van der Waals surface area contributed by atoms with E-state index in [1.807, 2.05) is 79.7 Å². The van der Waals surface area contributed by atoms with Crippen LogP contribution in [0.4, 0.5) is 25.2 Å². The number of rotatable bonds is 7. The molecule has 0 N–H and O–H groups in total. The molecule has 0 radical (unpaired) electrons. The molecule has 0 aromatic carbocycles. The number of halogens is 6. The second-order valence-corrected chi connectivity index (χ2v) is 10.5. The van der Waals surface area contributed by atoms with Crippen molar-refractivity contribution in [1.29, 1.82) is 5.26 Å². The second-order valence-electron chi connectivity index (χ2n) is 8.58. The minimum atomic E-state index is -10.7. The van der Waals surface area contributed by atoms with Gasteiger partial charge in [0.25, 0.3) is 0 Å². The number of hydrogen-bond acceptors (Lipinski definition) is 13. The summed E-state index contributed by atoms with van der Waals surface area (Å²) in [6, 6.07) is 25.0. The van der Waals surface area contributed by atoms with Gasteiger partial charge >= 0.3 is 74.3 Å². The van der Waals surface area contributed by atoms with E-state index >= 15 is 0 Å². The van der Waals surface area contributed by atoms with Crippen molar-refractivity contribution >= 4 is 20.2 Å². The van der Waals surface area contributed by atoms with E-state index in [0.29, 0.717) is 6.54 Å². The Kier molecular flexibility index (Phi) is 20.8. The van der Waals surface area contributed by atoms with Gasteiger partial charge in [-0.25, -0.2) is 9.97 Å². The van der Waals surface area contributed by atoms with Crippen LogP contribution in [0.1, 0.15) is 25.2 Å². The minimum Gasteiger partial charge on any atom is -0.356 e. The SMILES string of the molecule is CC#N.C[C@@H](CN=Cc1cccc(-c2ccccn2)n1)N=Cc1cccc(-c2ccccn2)n1.F[P-](F)(F)(F)(F)F.O=[N+]([O-])[O-].O=[N+]([O-])[O-].[Pr+3]. The van der Waals surface area contributed by atoms with Crippen LogP contribution in [-0.4, -0.2) is 55.1 Å². The molecule has 15 nitrogen and oxygen atoms in total. The van der Waals surface area contributed by atoms with Crippen molar-refractivity contribution in [3.8, 4) is 28.8 Å². The van der Waals surface area contributed by atoms with E-state index in [1.54, 1.807) is 30.9 Å². The Morgan fingerprint density at radius 1 is 0.740 bits per heavy atom. The van der Waals surface area contributed by atoms with Crippen LogP contribution in [0.2, 0.25) is 0 Å². The fourth-order valence-electron chi connectivity index (χ4n) is 2.91. The molecule has 4 heterocycles. The number of nitrogens with zero attached hydrogens (tertiary/aromatic N) is 9. The molecule has 4 rings (SSSR count). The molecule has 0 aliphatic heterocycles. The molecule has 1 atom stereocenters. The second kappa shape index (κ2) is 22.0. The van der Waals surface area contributed by atoms with Crippen LogP contribution >= 0.6 is 7.81 Å². The van der Waals surface area contributed by atoms with Gasteiger partial charge in [0.1, 0.15) is 0 Å². The van der Waals surface area contributed by atoms with Gasteiger partial charge < -0.3 is 30.6 Å². The van der Waals surface area contributed by atoms with Crippen LogP contribution < -0.4 is 0 Å². The maximum atomic E-state index is 9.87. The predicted octanol–water partition coefficient (Wildman–Crippen LogP) is 7.96. The van der Waals surface area contributed by atoms with Crippen molar-refractivity contribution in [2.75, 3.05) is 6.54 Å². The van der Waals surface area contributed by atoms with Gasteiger partial charge in [0.05, 0.1) is 63.0 Å². The number of nitriles is 1. The maximum Gasteiger partial charge on any atom is 3.00 e. The Bertz CT molecular complexity index is 1690. The molecular formula is C27H25F6N9O6PPr. The van der Waals surface area contributed by atoms with Crippen molar-refractivity contribution < 1.29 is 76.6 Å². The van der Waals surface area contributed by atoms with Crippen LogP contribution in [0, 0.1) is 83.3 Å². The summed E-state index contributed by atoms with van der Waals surface area (Å²) in [6.07, 6.45) is 7.09. The molecule has 23 heteroatoms. The van der Waals surface area contributed by atoms with E-state index in [2.05, 4.69) is 29.9 Å². The third-order valence-electron chi connectivity index (χ3n) is 4.45. The number of aromatic nitrogens is 4. The largest absolute Gasteiger partial charge is 3.00 e. The summed E-state index contributed by atoms with van der Waals surface area (Å²) in [5, 5.41) is 36.8. The summed E-state index contributed by atoms with van der Waals surface area (Å²) in [5.74, 6) is 0. The number of pyridine rings is 4. The van der Waals surface area contributed by atoms with Crippen LogP contribution in [0.25, 0.3) is 22.8 Å². The zero-order valence-corrected chi connectivity index (χ0v) is 30.4. The van der Waals surface area contributed by atoms with Gasteiger partial charge in [0, 0.05) is 31.7 Å². The van der Waals surface area contributed by atoms with E-state index in [1.165, 1.54) is 6.92 Å². The summed E-state index contributed by atoms with van der Waals surface area (Å²) in [7, 11) is -10.7. The first-order valence-corrected chi connectivity index (χ1v) is 14.9. The quantitative estimate of drug-likeness (QED) is 0.0568. The summed E-state index contributed by atoms with van der Waals surface area (Å²) in [6.45, 7) is 4.01. The third-order valence-corrected chi connectivity index (χ3v) is 4.45. The van der Waals surface area contributed by atoms with Gasteiger partial charge in [0.15, 0.2) is 0 Å². The molecular weight excluding hydrogens is 832 g/mol. The van der Waals surface area contributed by atoms with E-state index in [-0.39, 0.29) is 47.3 Å². The normalized spacial score (nSPS) is 12.1. The summed E-state index contributed by atoms with van der Waals surface area (Å²) in [5.41, 5.74) is 4.93. The molecule has 4 aromatic rings. The van der Waals surface area contributed by atoms with Crippen molar-refractivity contribution in [2.45, 2.75) is 19.9 Å². The topological polar surface area (TPSA) is 232 Å². The molecule has 0 spiro atoms. The zero-order chi connectivity index (χ0) is 37.6. The smallest absolute Gasteiger partial charge is 0.356 e. The van der Waals surface area contributed by atoms with Crippen LogP contribution in [0.5, 0.6) is 0 Å². The molecule has 50 heavy (non-hydrogen) atoms. The Hall–Kier alpha value is -4.80. The van der Waals surface area contributed by atoms with Crippen molar-refractivity contribution in [3.05, 3.63) is 127 Å². The number of hydrogen-bond donors (Lipinski definition) is 0. The first-order valence-electron chi connectivity index (χ1n) is 12.9. The van der Waals surface area contributed by atoms with Crippen LogP contribution in [0.15, 0.2) is 95.2 Å². The standard InChI is InChI=1S/C25H22N6.C2H3N.F6P.2NO3.Pr/c1-19(29-18-21-9-7-13-25(31-21)23-11-3-5-15-28-23)16-26-17-20-8-6-12-24(30-20)22-10-2-4-14-27-22;1-2-3;1-7(2,3,4,5)6;2*2-1(3)4;/h2-15,17-19H,16H2,1H3;1H3;;;;/q;;3*-1;+3/t19-;;;;;/m0...../s1. The zero-order valence-electron chi connectivity index (χ0n) is 25.8. The first-order chi connectivity index (χ1) is 22.6. The molecule has 0 aliphatic rings. The van der Waals surface area contributed by atoms with Crippen LogP contribution in [0.3, 0.4) is 0 Å². The predicted molar refractivity (Wildman–Crippen MR) is 170 cm³/mol. The molecule has 0 saturated heterocycles. The Morgan fingerprint density at radius 3 is 1.42 bits per heavy atom. The monoisotopic (exact) mass is 857 g/mol. The van der Waals surface area contributed by atoms with Gasteiger partial charge in [0.2, 0.25) is 0 Å². The minimum absolute atomic E-state index is 0. The van der Waals surface area contributed by atoms with Gasteiger partial charge in [-0.2, -0.15) is 5.26 Å². The van der Waals surface area contributed by atoms with Gasteiger partial charge in [-0.15, -0.1) is 0 Å². The molecule has 0 saturated carbocycles. The molecule has 0 aliphatic carbocycles. The molecule has 264 valence electrons. The molecule has 4 aromatic heterocycles. The first kappa shape index (κ1) is 47.3. The summed E-state index contributed by atoms with van der Waals surface area (Å²) >= 11 is 0.